The van der Waals surface area contributed by atoms with Gasteiger partial charge in [0.1, 0.15) is 67.1 Å². The van der Waals surface area contributed by atoms with Crippen LogP contribution in [0.1, 0.15) is 26.7 Å². The minimum Gasteiger partial charge on any atom is -0.468 e. The summed E-state index contributed by atoms with van der Waals surface area (Å²) in [6.45, 7) is 0.431. The average molecular weight is 953 g/mol. The molecule has 0 aliphatic carbocycles. The molecule has 0 saturated carbocycles. The fraction of sp³-hybridized carbons (Fsp3) is 0.700. The van der Waals surface area contributed by atoms with Crippen LogP contribution in [0.15, 0.2) is 47.0 Å². The van der Waals surface area contributed by atoms with Gasteiger partial charge in [0.25, 0.3) is 0 Å². The molecule has 19 unspecified atom stereocenters. The topological polar surface area (TPSA) is 392 Å². The first-order valence-electron chi connectivity index (χ1n) is 20.5. The van der Waals surface area contributed by atoms with Crippen LogP contribution in [0.25, 0.3) is 0 Å². The minimum atomic E-state index is -2.09. The zero-order valence-electron chi connectivity index (χ0n) is 35.9. The van der Waals surface area contributed by atoms with Crippen molar-refractivity contribution in [1.82, 2.24) is 0 Å². The monoisotopic (exact) mass is 952 g/mol. The number of aliphatic hydroxyl groups is 11. The maximum Gasteiger partial charge on any atom is 0.337 e. The van der Waals surface area contributed by atoms with Crippen molar-refractivity contribution in [1.29, 1.82) is 0 Å². The lowest BCUT2D eigenvalue weighted by atomic mass is 9.86. The maximum absolute atomic E-state index is 13.8. The van der Waals surface area contributed by atoms with Crippen molar-refractivity contribution in [2.45, 2.75) is 131 Å². The molecule has 11 N–H and O–H groups in total. The molecule has 26 heteroatoms. The van der Waals surface area contributed by atoms with Gasteiger partial charge >= 0.3 is 23.9 Å². The van der Waals surface area contributed by atoms with Crippen LogP contribution >= 0.6 is 0 Å². The fourth-order valence-corrected chi connectivity index (χ4v) is 7.84. The SMILES string of the molecule is CC=C1C(OC2OC(CO)C(O)C(O)C2O)OC=C(C(=O)OC)C1CC(=O)OC1OC(CO)C(O)C(O)C1OC(=O)CC1C(C(=O)OC)=COC(OC2OC(CO)C(O)C(O)C2O)C1=CC. The predicted octanol–water partition coefficient (Wildman–Crippen LogP) is -5.75. The highest BCUT2D eigenvalue weighted by molar-refractivity contribution is 5.91. The molecule has 0 aromatic carbocycles. The number of aliphatic hydroxyl groups excluding tert-OH is 11. The van der Waals surface area contributed by atoms with E-state index < -0.39 is 173 Å². The first kappa shape index (κ1) is 52.8. The van der Waals surface area contributed by atoms with Crippen LogP contribution in [0.4, 0.5) is 0 Å². The predicted molar refractivity (Wildman–Crippen MR) is 207 cm³/mol. The Bertz CT molecular complexity index is 1830. The van der Waals surface area contributed by atoms with Crippen LogP contribution in [0, 0.1) is 11.8 Å². The number of methoxy groups -OCH3 is 2. The molecular weight excluding hydrogens is 896 g/mol. The third kappa shape index (κ3) is 11.2. The summed E-state index contributed by atoms with van der Waals surface area (Å²) in [6, 6.07) is 0. The van der Waals surface area contributed by atoms with Crippen molar-refractivity contribution < 1.29 is 127 Å². The van der Waals surface area contributed by atoms with E-state index in [1.807, 2.05) is 0 Å². The normalized spacial score (nSPS) is 40.6. The van der Waals surface area contributed by atoms with Crippen LogP contribution in [-0.2, 0) is 71.3 Å². The second kappa shape index (κ2) is 23.2. The highest BCUT2D eigenvalue weighted by atomic mass is 16.8. The minimum absolute atomic E-state index is 0.0233. The van der Waals surface area contributed by atoms with Crippen molar-refractivity contribution in [3.63, 3.8) is 0 Å². The number of esters is 4. The zero-order valence-corrected chi connectivity index (χ0v) is 35.9. The molecule has 372 valence electrons. The van der Waals surface area contributed by atoms with Crippen molar-refractivity contribution in [3.05, 3.63) is 47.0 Å². The highest BCUT2D eigenvalue weighted by Crippen LogP contribution is 2.39. The molecule has 0 radical (unpaired) electrons. The molecular formula is C40H56O26. The Morgan fingerprint density at radius 1 is 0.530 bits per heavy atom. The largest absolute Gasteiger partial charge is 0.468 e. The fourth-order valence-electron chi connectivity index (χ4n) is 7.84. The van der Waals surface area contributed by atoms with Crippen LogP contribution in [0.3, 0.4) is 0 Å². The molecule has 0 aromatic rings. The third-order valence-corrected chi connectivity index (χ3v) is 11.5. The lowest BCUT2D eigenvalue weighted by molar-refractivity contribution is -0.328. The summed E-state index contributed by atoms with van der Waals surface area (Å²) < 4.78 is 59.8. The van der Waals surface area contributed by atoms with Gasteiger partial charge in [0.05, 0.1) is 70.6 Å². The van der Waals surface area contributed by atoms with Gasteiger partial charge in [-0.2, -0.15) is 0 Å². The summed E-state index contributed by atoms with van der Waals surface area (Å²) in [5, 5.41) is 113. The zero-order chi connectivity index (χ0) is 48.7. The number of carbonyl (C=O) groups excluding carboxylic acids is 4. The van der Waals surface area contributed by atoms with Crippen LogP contribution in [-0.4, -0.2) is 219 Å². The van der Waals surface area contributed by atoms with Gasteiger partial charge in [-0.1, -0.05) is 12.2 Å². The Hall–Kier alpha value is -4.20. The van der Waals surface area contributed by atoms with E-state index in [9.17, 15) is 75.3 Å². The lowest BCUT2D eigenvalue weighted by Crippen LogP contribution is -2.61. The molecule has 0 bridgehead atoms. The van der Waals surface area contributed by atoms with Crippen LogP contribution in [0.5, 0.6) is 0 Å². The van der Waals surface area contributed by atoms with E-state index in [0.29, 0.717) is 0 Å². The molecule has 5 rings (SSSR count). The van der Waals surface area contributed by atoms with Gasteiger partial charge in [0.15, 0.2) is 18.7 Å². The van der Waals surface area contributed by atoms with E-state index >= 15 is 0 Å². The maximum atomic E-state index is 13.8. The van der Waals surface area contributed by atoms with Crippen LogP contribution < -0.4 is 0 Å². The van der Waals surface area contributed by atoms with Gasteiger partial charge in [-0.25, -0.2) is 9.59 Å². The first-order chi connectivity index (χ1) is 31.4. The van der Waals surface area contributed by atoms with Gasteiger partial charge in [-0.15, -0.1) is 0 Å². The number of allylic oxidation sites excluding steroid dienone is 2. The quantitative estimate of drug-likeness (QED) is 0.0414. The Kier molecular flexibility index (Phi) is 18.6. The van der Waals surface area contributed by atoms with Crippen LogP contribution in [0.2, 0.25) is 0 Å². The van der Waals surface area contributed by atoms with E-state index in [0.717, 1.165) is 26.7 Å². The molecule has 19 atom stereocenters. The number of hydrogen-bond acceptors (Lipinski definition) is 26. The van der Waals surface area contributed by atoms with Gasteiger partial charge in [0.2, 0.25) is 18.9 Å². The lowest BCUT2D eigenvalue weighted by Gasteiger charge is -2.42. The molecule has 66 heavy (non-hydrogen) atoms. The second-order valence-corrected chi connectivity index (χ2v) is 15.5. The molecule has 3 saturated heterocycles. The molecule has 26 nitrogen and oxygen atoms in total. The van der Waals surface area contributed by atoms with Gasteiger partial charge in [0, 0.05) is 23.0 Å². The Morgan fingerprint density at radius 3 is 1.26 bits per heavy atom. The van der Waals surface area contributed by atoms with Gasteiger partial charge in [-0.05, 0) is 13.8 Å². The second-order valence-electron chi connectivity index (χ2n) is 15.5. The van der Waals surface area contributed by atoms with E-state index in [-0.39, 0.29) is 22.3 Å². The Labute approximate surface area is 375 Å². The summed E-state index contributed by atoms with van der Waals surface area (Å²) in [5.41, 5.74) is -0.468. The number of carbonyl (C=O) groups is 4. The summed E-state index contributed by atoms with van der Waals surface area (Å²) in [6.07, 6.45) is -26.9. The van der Waals surface area contributed by atoms with Crippen molar-refractivity contribution in [2.24, 2.45) is 11.8 Å². The van der Waals surface area contributed by atoms with Crippen molar-refractivity contribution in [2.75, 3.05) is 34.0 Å². The van der Waals surface area contributed by atoms with Crippen molar-refractivity contribution in [3.8, 4) is 0 Å². The van der Waals surface area contributed by atoms with E-state index in [4.69, 9.17) is 52.1 Å². The Balaban J connectivity index is 1.35. The molecule has 5 aliphatic rings. The summed E-state index contributed by atoms with van der Waals surface area (Å²) in [4.78, 5) is 53.5. The number of rotatable bonds is 15. The third-order valence-electron chi connectivity index (χ3n) is 11.5. The molecule has 5 aliphatic heterocycles. The van der Waals surface area contributed by atoms with Gasteiger partial charge < -0.3 is 108 Å². The van der Waals surface area contributed by atoms with E-state index in [1.54, 1.807) is 0 Å². The molecule has 0 spiro atoms. The molecule has 0 amide bonds. The van der Waals surface area contributed by atoms with Crippen molar-refractivity contribution >= 4 is 23.9 Å². The summed E-state index contributed by atoms with van der Waals surface area (Å²) in [5.74, 6) is -7.02. The smallest absolute Gasteiger partial charge is 0.337 e. The average Bonchev–Trinajstić information content (AvgIpc) is 3.31. The summed E-state index contributed by atoms with van der Waals surface area (Å²) >= 11 is 0. The molecule has 5 heterocycles. The first-order valence-corrected chi connectivity index (χ1v) is 20.5. The molecule has 3 fully saturated rings. The summed E-state index contributed by atoms with van der Waals surface area (Å²) in [7, 11) is 2.08. The van der Waals surface area contributed by atoms with E-state index in [2.05, 4.69) is 0 Å². The van der Waals surface area contributed by atoms with E-state index in [1.165, 1.54) is 26.0 Å². The highest BCUT2D eigenvalue weighted by Gasteiger charge is 2.52. The standard InChI is InChI=1S/C40H56O26/c1-5-14-16(18(34(54)56-3)12-58-36(14)65-38-31(52)28(49)25(46)20(9-41)60-38)7-23(44)63-33-30(51)27(48)22(11-43)62-40(33)64-24(45)8-17-15(6-2)37(59-13-19(17)35(55)57-4)66-39-32(53)29(50)26(47)21(10-42)61-39/h5-6,12-13,16-17,20-22,25-33,36-43,46-53H,7-11H2,1-4H3. The number of hydrogen-bond donors (Lipinski definition) is 11. The molecule has 0 aromatic heterocycles. The van der Waals surface area contributed by atoms with Gasteiger partial charge in [-0.3, -0.25) is 9.59 Å². The Morgan fingerprint density at radius 2 is 0.894 bits per heavy atom. The number of ether oxygens (including phenoxy) is 11.